The second-order valence-corrected chi connectivity index (χ2v) is 3.46. The predicted molar refractivity (Wildman–Crippen MR) is 48.3 cm³/mol. The normalized spacial score (nSPS) is 32.8. The number of primary amides is 2. The second-order valence-electron chi connectivity index (χ2n) is 3.46. The number of allylic oxidation sites excluding steroid dienone is 1. The highest BCUT2D eigenvalue weighted by molar-refractivity contribution is 5.82. The number of carbonyl (C=O) groups excluding carboxylic acids is 2. The van der Waals surface area contributed by atoms with Gasteiger partial charge in [-0.1, -0.05) is 19.1 Å². The monoisotopic (exact) mass is 182 g/mol. The first-order valence-corrected chi connectivity index (χ1v) is 4.29. The molecule has 0 radical (unpaired) electrons. The molecule has 4 nitrogen and oxygen atoms in total. The Kier molecular flexibility index (Phi) is 2.70. The molecule has 0 heterocycles. The van der Waals surface area contributed by atoms with Gasteiger partial charge < -0.3 is 11.5 Å². The maximum Gasteiger partial charge on any atom is 0.224 e. The fraction of sp³-hybridized carbons (Fsp3) is 0.556. The van der Waals surface area contributed by atoms with E-state index in [-0.39, 0.29) is 23.7 Å². The molecule has 0 spiro atoms. The molecule has 0 aromatic heterocycles. The molecule has 2 amide bonds. The zero-order valence-electron chi connectivity index (χ0n) is 7.57. The molecule has 0 aliphatic heterocycles. The molecule has 0 bridgehead atoms. The largest absolute Gasteiger partial charge is 0.369 e. The molecule has 3 unspecified atom stereocenters. The van der Waals surface area contributed by atoms with Crippen LogP contribution in [-0.2, 0) is 9.59 Å². The SMILES string of the molecule is CC1C(C(N)=O)C=CCC1C(N)=O. The molecule has 4 N–H and O–H groups in total. The van der Waals surface area contributed by atoms with Crippen molar-refractivity contribution in [2.45, 2.75) is 13.3 Å². The Morgan fingerprint density at radius 2 is 1.92 bits per heavy atom. The third-order valence-corrected chi connectivity index (χ3v) is 2.63. The van der Waals surface area contributed by atoms with Crippen molar-refractivity contribution < 1.29 is 9.59 Å². The van der Waals surface area contributed by atoms with Gasteiger partial charge in [0, 0.05) is 5.92 Å². The second kappa shape index (κ2) is 3.60. The molecular weight excluding hydrogens is 168 g/mol. The van der Waals surface area contributed by atoms with Crippen molar-refractivity contribution in [1.82, 2.24) is 0 Å². The van der Waals surface area contributed by atoms with Crippen LogP contribution in [0.5, 0.6) is 0 Å². The Balaban J connectivity index is 2.82. The van der Waals surface area contributed by atoms with Crippen LogP contribution in [0.2, 0.25) is 0 Å². The molecule has 0 saturated carbocycles. The number of amides is 2. The van der Waals surface area contributed by atoms with Crippen molar-refractivity contribution in [3.8, 4) is 0 Å². The average molecular weight is 182 g/mol. The van der Waals surface area contributed by atoms with E-state index in [9.17, 15) is 9.59 Å². The third kappa shape index (κ3) is 1.88. The lowest BCUT2D eigenvalue weighted by Crippen LogP contribution is -2.38. The predicted octanol–water partition coefficient (Wildman–Crippen LogP) is -0.215. The van der Waals surface area contributed by atoms with E-state index in [1.807, 2.05) is 6.92 Å². The van der Waals surface area contributed by atoms with E-state index in [4.69, 9.17) is 11.5 Å². The van der Waals surface area contributed by atoms with Crippen LogP contribution in [0, 0.1) is 17.8 Å². The zero-order chi connectivity index (χ0) is 10.0. The molecule has 1 aliphatic rings. The summed E-state index contributed by atoms with van der Waals surface area (Å²) in [5.74, 6) is -1.45. The van der Waals surface area contributed by atoms with Crippen molar-refractivity contribution in [2.24, 2.45) is 29.2 Å². The first-order valence-electron chi connectivity index (χ1n) is 4.29. The van der Waals surface area contributed by atoms with Gasteiger partial charge in [0.1, 0.15) is 0 Å². The minimum atomic E-state index is -0.394. The van der Waals surface area contributed by atoms with Crippen molar-refractivity contribution >= 4 is 11.8 Å². The summed E-state index contributed by atoms with van der Waals surface area (Å²) in [6.07, 6.45) is 4.16. The number of carbonyl (C=O) groups is 2. The first-order chi connectivity index (χ1) is 6.04. The fourth-order valence-corrected chi connectivity index (χ4v) is 1.74. The lowest BCUT2D eigenvalue weighted by atomic mass is 9.76. The van der Waals surface area contributed by atoms with Gasteiger partial charge in [0.25, 0.3) is 0 Å². The fourth-order valence-electron chi connectivity index (χ4n) is 1.74. The van der Waals surface area contributed by atoms with Crippen LogP contribution in [-0.4, -0.2) is 11.8 Å². The van der Waals surface area contributed by atoms with E-state index in [1.165, 1.54) is 0 Å². The number of hydrogen-bond donors (Lipinski definition) is 2. The lowest BCUT2D eigenvalue weighted by molar-refractivity contribution is -0.126. The molecule has 13 heavy (non-hydrogen) atoms. The van der Waals surface area contributed by atoms with Crippen LogP contribution in [0.3, 0.4) is 0 Å². The number of nitrogens with two attached hydrogens (primary N) is 2. The molecule has 1 rings (SSSR count). The maximum atomic E-state index is 11.0. The highest BCUT2D eigenvalue weighted by Gasteiger charge is 2.33. The molecule has 72 valence electrons. The highest BCUT2D eigenvalue weighted by Crippen LogP contribution is 2.29. The van der Waals surface area contributed by atoms with Crippen molar-refractivity contribution in [3.05, 3.63) is 12.2 Å². The van der Waals surface area contributed by atoms with Crippen LogP contribution in [0.1, 0.15) is 13.3 Å². The summed E-state index contributed by atoms with van der Waals surface area (Å²) in [6, 6.07) is 0. The zero-order valence-corrected chi connectivity index (χ0v) is 7.57. The van der Waals surface area contributed by atoms with E-state index >= 15 is 0 Å². The quantitative estimate of drug-likeness (QED) is 0.579. The van der Waals surface area contributed by atoms with Crippen LogP contribution in [0.15, 0.2) is 12.2 Å². The van der Waals surface area contributed by atoms with Gasteiger partial charge >= 0.3 is 0 Å². The Hall–Kier alpha value is -1.32. The van der Waals surface area contributed by atoms with Crippen LogP contribution in [0.4, 0.5) is 0 Å². The Morgan fingerprint density at radius 1 is 1.31 bits per heavy atom. The third-order valence-electron chi connectivity index (χ3n) is 2.63. The summed E-state index contributed by atoms with van der Waals surface area (Å²) in [5.41, 5.74) is 10.4. The van der Waals surface area contributed by atoms with Gasteiger partial charge in [-0.15, -0.1) is 0 Å². The van der Waals surface area contributed by atoms with E-state index in [1.54, 1.807) is 12.2 Å². The lowest BCUT2D eigenvalue weighted by Gasteiger charge is -2.28. The standard InChI is InChI=1S/C9H14N2O2/c1-5-6(8(10)12)3-2-4-7(5)9(11)13/h2-3,5-7H,4H2,1H3,(H2,10,12)(H2,11,13). The summed E-state index contributed by atoms with van der Waals surface area (Å²) in [7, 11) is 0. The Bertz CT molecular complexity index is 260. The summed E-state index contributed by atoms with van der Waals surface area (Å²) in [4.78, 5) is 21.9. The number of rotatable bonds is 2. The van der Waals surface area contributed by atoms with Gasteiger partial charge in [-0.25, -0.2) is 0 Å². The molecule has 0 aromatic carbocycles. The van der Waals surface area contributed by atoms with Gasteiger partial charge in [0.05, 0.1) is 5.92 Å². The smallest absolute Gasteiger partial charge is 0.224 e. The van der Waals surface area contributed by atoms with E-state index in [0.717, 1.165) is 0 Å². The minimum Gasteiger partial charge on any atom is -0.369 e. The van der Waals surface area contributed by atoms with E-state index in [2.05, 4.69) is 0 Å². The van der Waals surface area contributed by atoms with Crippen molar-refractivity contribution in [3.63, 3.8) is 0 Å². The van der Waals surface area contributed by atoms with Gasteiger partial charge in [0.15, 0.2) is 0 Å². The van der Waals surface area contributed by atoms with Gasteiger partial charge in [-0.3, -0.25) is 9.59 Å². The molecule has 0 saturated heterocycles. The van der Waals surface area contributed by atoms with Gasteiger partial charge in [-0.05, 0) is 12.3 Å². The van der Waals surface area contributed by atoms with Gasteiger partial charge in [-0.2, -0.15) is 0 Å². The minimum absolute atomic E-state index is 0.0833. The maximum absolute atomic E-state index is 11.0. The molecule has 4 heteroatoms. The number of hydrogen-bond acceptors (Lipinski definition) is 2. The highest BCUT2D eigenvalue weighted by atomic mass is 16.1. The molecule has 3 atom stereocenters. The van der Waals surface area contributed by atoms with Crippen molar-refractivity contribution in [1.29, 1.82) is 0 Å². The van der Waals surface area contributed by atoms with Crippen molar-refractivity contribution in [2.75, 3.05) is 0 Å². The molecule has 1 aliphatic carbocycles. The molecule has 0 fully saturated rings. The van der Waals surface area contributed by atoms with Crippen LogP contribution < -0.4 is 11.5 Å². The van der Waals surface area contributed by atoms with E-state index < -0.39 is 5.91 Å². The van der Waals surface area contributed by atoms with E-state index in [0.29, 0.717) is 6.42 Å². The van der Waals surface area contributed by atoms with Crippen LogP contribution in [0.25, 0.3) is 0 Å². The Morgan fingerprint density at radius 3 is 2.38 bits per heavy atom. The first kappa shape index (κ1) is 9.77. The molecular formula is C9H14N2O2. The van der Waals surface area contributed by atoms with Gasteiger partial charge in [0.2, 0.25) is 11.8 Å². The average Bonchev–Trinajstić information content (AvgIpc) is 2.03. The Labute approximate surface area is 77.0 Å². The topological polar surface area (TPSA) is 86.2 Å². The summed E-state index contributed by atoms with van der Waals surface area (Å²) in [6.45, 7) is 1.83. The van der Waals surface area contributed by atoms with Crippen LogP contribution >= 0.6 is 0 Å². The summed E-state index contributed by atoms with van der Waals surface area (Å²) >= 11 is 0. The summed E-state index contributed by atoms with van der Waals surface area (Å²) < 4.78 is 0. The molecule has 0 aromatic rings. The summed E-state index contributed by atoms with van der Waals surface area (Å²) in [5, 5.41) is 0.